The fourth-order valence-corrected chi connectivity index (χ4v) is 13.7. The summed E-state index contributed by atoms with van der Waals surface area (Å²) in [5.41, 5.74) is 0.609. The van der Waals surface area contributed by atoms with E-state index in [1.54, 1.807) is 49.0 Å². The first-order chi connectivity index (χ1) is 49.9. The van der Waals surface area contributed by atoms with Gasteiger partial charge < -0.3 is 84.8 Å². The van der Waals surface area contributed by atoms with Gasteiger partial charge in [-0.05, 0) is 67.6 Å². The Balaban J connectivity index is 1.16. The van der Waals surface area contributed by atoms with Crippen molar-refractivity contribution in [2.24, 2.45) is 23.7 Å². The second-order valence-electron chi connectivity index (χ2n) is 28.0. The van der Waals surface area contributed by atoms with Crippen LogP contribution in [0.2, 0.25) is 0 Å². The lowest BCUT2D eigenvalue weighted by Gasteiger charge is -2.42. The van der Waals surface area contributed by atoms with Gasteiger partial charge in [0, 0.05) is 97.8 Å². The lowest BCUT2D eigenvalue weighted by atomic mass is 9.89. The molecule has 1 aromatic heterocycles. The molecule has 2 fully saturated rings. The van der Waals surface area contributed by atoms with Crippen LogP contribution in [0.3, 0.4) is 0 Å². The summed E-state index contributed by atoms with van der Waals surface area (Å²) in [6, 6.07) is 7.74. The van der Waals surface area contributed by atoms with Gasteiger partial charge in [-0.25, -0.2) is 9.48 Å². The molecule has 0 radical (unpaired) electrons. The molecule has 5 unspecified atom stereocenters. The number of nitrogens with one attached hydrogen (secondary N) is 4. The molecule has 0 spiro atoms. The van der Waals surface area contributed by atoms with E-state index in [0.717, 1.165) is 17.9 Å². The van der Waals surface area contributed by atoms with Gasteiger partial charge in [-0.15, -0.1) is 5.10 Å². The van der Waals surface area contributed by atoms with Crippen molar-refractivity contribution in [3.8, 4) is 5.75 Å². The maximum atomic E-state index is 15.2. The second kappa shape index (κ2) is 40.8. The molecule has 3 aliphatic rings. The highest BCUT2D eigenvalue weighted by Crippen LogP contribution is 2.37. The van der Waals surface area contributed by atoms with Crippen LogP contribution in [0.25, 0.3) is 0 Å². The topological polar surface area (TPSA) is 408 Å². The van der Waals surface area contributed by atoms with Crippen molar-refractivity contribution in [2.75, 3.05) is 67.8 Å². The van der Waals surface area contributed by atoms with Crippen molar-refractivity contribution in [2.45, 2.75) is 212 Å². The summed E-state index contributed by atoms with van der Waals surface area (Å²) >= 11 is 0. The minimum absolute atomic E-state index is 0.0779. The quantitative estimate of drug-likeness (QED) is 0.0173. The predicted molar refractivity (Wildman–Crippen MR) is 383 cm³/mol. The average Bonchev–Trinajstić information content (AvgIpc) is 1.60. The first-order valence-corrected chi connectivity index (χ1v) is 36.0. The standard InChI is InChI=1S/C73H110N12O20/c1-15-44(6)65(56(100-13)39-61(91)83-33-22-25-52(83)69(101-14)45(7)70(95)76-47(9)66(92)49-23-18-16-19-24-49)80(11)71(96)62(42(2)3)75-46(8)64(43(4)5)81(12)73(97)105-55(50-27-28-54(53(37-50)85(98)99)103-72-63(77-48(10)87)68(94)67(93)57(41-86)104-72)38-51-40-82(79-78-51)34-36-102-35-31-74-58(88)26-20-17-21-32-84-59(89)29-30-60(84)90/h16,18-19,23-24,27-30,37,40,42-45,47,52,55-57,62-69,72,75,86,92-94H,8,15,17,20-22,25-26,31-36,38-39,41H2,1-7,9-14H3,(H,74,88)(H,76,95)(H,77,87)/t44-,45+,47+,52-,55?,56?,57?,62-,63?,64-,65-,66+,67+,68+,69+,72?/m0/s1. The van der Waals surface area contributed by atoms with Crippen LogP contribution in [0.4, 0.5) is 10.5 Å². The van der Waals surface area contributed by atoms with Gasteiger partial charge in [-0.1, -0.05) is 109 Å². The maximum Gasteiger partial charge on any atom is 0.410 e. The smallest absolute Gasteiger partial charge is 0.410 e. The van der Waals surface area contributed by atoms with E-state index in [4.69, 9.17) is 28.4 Å². The van der Waals surface area contributed by atoms with Crippen molar-refractivity contribution in [1.82, 2.24) is 55.9 Å². The molecule has 0 aliphatic carbocycles. The Kier molecular flexibility index (Phi) is 33.2. The van der Waals surface area contributed by atoms with Crippen LogP contribution in [0, 0.1) is 33.8 Å². The number of aromatic nitrogens is 3. The molecule has 0 bridgehead atoms. The van der Waals surface area contributed by atoms with Crippen molar-refractivity contribution >= 4 is 53.1 Å². The first kappa shape index (κ1) is 85.4. The predicted octanol–water partition coefficient (Wildman–Crippen LogP) is 3.79. The molecule has 3 aliphatic heterocycles. The van der Waals surface area contributed by atoms with Gasteiger partial charge in [0.25, 0.3) is 11.8 Å². The number of hydrogen-bond donors (Lipinski definition) is 8. The van der Waals surface area contributed by atoms with E-state index in [9.17, 15) is 64.1 Å². The third-order valence-electron chi connectivity index (χ3n) is 19.7. The summed E-state index contributed by atoms with van der Waals surface area (Å²) in [4.78, 5) is 125. The van der Waals surface area contributed by atoms with Gasteiger partial charge in [-0.3, -0.25) is 48.6 Å². The van der Waals surface area contributed by atoms with Crippen LogP contribution < -0.4 is 26.0 Å². The molecule has 32 nitrogen and oxygen atoms in total. The summed E-state index contributed by atoms with van der Waals surface area (Å²) in [5.74, 6) is -4.54. The molecule has 8 amide bonds. The number of amides is 8. The largest absolute Gasteiger partial charge is 0.455 e. The lowest BCUT2D eigenvalue weighted by Crippen LogP contribution is -2.65. The normalized spacial score (nSPS) is 21.0. The first-order valence-electron chi connectivity index (χ1n) is 36.0. The molecule has 582 valence electrons. The number of carbonyl (C=O) groups is 8. The highest BCUT2D eigenvalue weighted by atomic mass is 16.7. The number of rotatable bonds is 42. The van der Waals surface area contributed by atoms with Gasteiger partial charge >= 0.3 is 11.8 Å². The molecule has 3 aromatic rings. The van der Waals surface area contributed by atoms with Gasteiger partial charge in [0.15, 0.2) is 5.75 Å². The van der Waals surface area contributed by atoms with Crippen LogP contribution in [0.5, 0.6) is 5.75 Å². The van der Waals surface area contributed by atoms with Crippen molar-refractivity contribution in [3.63, 3.8) is 0 Å². The van der Waals surface area contributed by atoms with Crippen LogP contribution >= 0.6 is 0 Å². The molecule has 2 aromatic carbocycles. The Bertz CT molecular complexity index is 3410. The highest BCUT2D eigenvalue weighted by Gasteiger charge is 2.48. The number of aliphatic hydroxyl groups excluding tert-OH is 4. The van der Waals surface area contributed by atoms with Gasteiger partial charge in [-0.2, -0.15) is 0 Å². The molecule has 4 heterocycles. The van der Waals surface area contributed by atoms with Crippen LogP contribution in [0.15, 0.2) is 79.2 Å². The number of ether oxygens (including phenoxy) is 6. The summed E-state index contributed by atoms with van der Waals surface area (Å²) in [6.45, 7) is 21.0. The zero-order chi connectivity index (χ0) is 77.5. The lowest BCUT2D eigenvalue weighted by molar-refractivity contribution is -0.386. The second-order valence-corrected chi connectivity index (χ2v) is 28.0. The van der Waals surface area contributed by atoms with E-state index in [1.165, 1.54) is 55.1 Å². The molecule has 6 rings (SSSR count). The summed E-state index contributed by atoms with van der Waals surface area (Å²) in [5, 5.41) is 75.7. The maximum absolute atomic E-state index is 15.2. The molecule has 0 saturated carbocycles. The summed E-state index contributed by atoms with van der Waals surface area (Å²) in [6.07, 6.45) is -3.57. The zero-order valence-corrected chi connectivity index (χ0v) is 62.7. The van der Waals surface area contributed by atoms with Crippen LogP contribution in [-0.4, -0.2) is 248 Å². The molecule has 16 atom stereocenters. The molecular formula is C73H110N12O20. The minimum Gasteiger partial charge on any atom is -0.455 e. The molecule has 32 heteroatoms. The number of benzene rings is 2. The Morgan fingerprint density at radius 3 is 2.19 bits per heavy atom. The van der Waals surface area contributed by atoms with Crippen molar-refractivity contribution < 1.29 is 92.1 Å². The van der Waals surface area contributed by atoms with E-state index in [0.29, 0.717) is 50.6 Å². The molecule has 8 N–H and O–H groups in total. The van der Waals surface area contributed by atoms with E-state index >= 15 is 4.79 Å². The van der Waals surface area contributed by atoms with Gasteiger partial charge in [0.05, 0.1) is 91.8 Å². The number of unbranched alkanes of at least 4 members (excludes halogenated alkanes) is 2. The van der Waals surface area contributed by atoms with Crippen molar-refractivity contribution in [1.29, 1.82) is 0 Å². The number of hydrogen-bond acceptors (Lipinski definition) is 23. The summed E-state index contributed by atoms with van der Waals surface area (Å²) in [7, 11) is 6.16. The number of likely N-dealkylation sites (N-methyl/N-ethyl adjacent to an activating group) is 2. The third-order valence-corrected chi connectivity index (χ3v) is 19.7. The molecular weight excluding hydrogens is 1360 g/mol. The van der Waals surface area contributed by atoms with E-state index < -0.39 is 126 Å². The van der Waals surface area contributed by atoms with E-state index in [1.807, 2.05) is 59.7 Å². The number of carbonyl (C=O) groups excluding carboxylic acids is 8. The minimum atomic E-state index is -1.74. The van der Waals surface area contributed by atoms with Crippen LogP contribution in [-0.2, 0) is 70.2 Å². The molecule has 105 heavy (non-hydrogen) atoms. The number of nitro benzene ring substituents is 1. The number of nitrogens with zero attached hydrogens (tertiary/aromatic N) is 8. The van der Waals surface area contributed by atoms with Gasteiger partial charge in [0.1, 0.15) is 36.5 Å². The zero-order valence-electron chi connectivity index (χ0n) is 62.7. The Hall–Kier alpha value is -8.50. The Labute approximate surface area is 614 Å². The SMILES string of the molecule is C=C(N[C@H](C(=O)N(C)[C@H](C(CC(=O)N1CCC[C@H]1[C@H](OC)[C@@H](C)C(=O)N[C@H](C)[C@@H](O)c1ccccc1)OC)[C@@H](C)CC)C(C)C)[C@H](C(C)C)N(C)C(=O)OC(Cc1cn(CCOCCNC(=O)CCCCCN2C(=O)C=CC2=O)nn1)c1ccc(OC2OC(CO)[C@@H](O)[C@H](O)C2NC(C)=O)c([N+](=O)[O-])c1. The number of methoxy groups -OCH3 is 2. The monoisotopic (exact) mass is 1470 g/mol. The fraction of sp³-hybridized carbons (Fsp3) is 0.644. The number of likely N-dealkylation sites (tertiary alicyclic amines) is 1. The third kappa shape index (κ3) is 23.2. The van der Waals surface area contributed by atoms with E-state index in [-0.39, 0.29) is 122 Å². The Morgan fingerprint density at radius 2 is 1.57 bits per heavy atom. The van der Waals surface area contributed by atoms with E-state index in [2.05, 4.69) is 38.2 Å². The fourth-order valence-electron chi connectivity index (χ4n) is 13.7. The average molecular weight is 1480 g/mol. The number of aliphatic hydroxyl groups is 4. The summed E-state index contributed by atoms with van der Waals surface area (Å²) < 4.78 is 37.4. The van der Waals surface area contributed by atoms with Gasteiger partial charge in [0.2, 0.25) is 35.8 Å². The number of nitro groups is 1. The Morgan fingerprint density at radius 1 is 0.876 bits per heavy atom. The van der Waals surface area contributed by atoms with Crippen molar-refractivity contribution in [3.05, 3.63) is 106 Å². The highest BCUT2D eigenvalue weighted by molar-refractivity contribution is 6.12. The number of imide groups is 1. The van der Waals surface area contributed by atoms with Crippen LogP contribution in [0.1, 0.15) is 143 Å². The molecule has 2 saturated heterocycles.